The first-order valence-corrected chi connectivity index (χ1v) is 6.81. The second kappa shape index (κ2) is 5.68. The number of carbonyl (C=O) groups excluding carboxylic acids is 1. The van der Waals surface area contributed by atoms with Gasteiger partial charge in [-0.05, 0) is 5.92 Å². The van der Waals surface area contributed by atoms with E-state index in [9.17, 15) is 4.79 Å². The molecule has 0 radical (unpaired) electrons. The van der Waals surface area contributed by atoms with Crippen LogP contribution in [0.15, 0.2) is 0 Å². The minimum Gasteiger partial charge on any atom is -0.370 e. The summed E-state index contributed by atoms with van der Waals surface area (Å²) in [6.45, 7) is 7.60. The molecule has 1 amide bonds. The molecule has 0 unspecified atom stereocenters. The van der Waals surface area contributed by atoms with Crippen LogP contribution in [-0.2, 0) is 9.53 Å². The predicted molar refractivity (Wildman–Crippen MR) is 65.5 cm³/mol. The van der Waals surface area contributed by atoms with Crippen LogP contribution in [0.2, 0.25) is 0 Å². The van der Waals surface area contributed by atoms with Gasteiger partial charge in [0.15, 0.2) is 6.17 Å². The first-order chi connectivity index (χ1) is 8.69. The smallest absolute Gasteiger partial charge is 0.242 e. The molecule has 0 aliphatic carbocycles. The quantitative estimate of drug-likeness (QED) is 0.673. The summed E-state index contributed by atoms with van der Waals surface area (Å²) < 4.78 is 5.36. The molecule has 5 heteroatoms. The van der Waals surface area contributed by atoms with Crippen molar-refractivity contribution in [3.8, 4) is 6.07 Å². The molecule has 2 N–H and O–H groups in total. The van der Waals surface area contributed by atoms with Crippen LogP contribution in [0.5, 0.6) is 0 Å². The van der Waals surface area contributed by atoms with Crippen LogP contribution in [0.4, 0.5) is 0 Å². The van der Waals surface area contributed by atoms with Gasteiger partial charge in [0.2, 0.25) is 5.91 Å². The zero-order valence-corrected chi connectivity index (χ0v) is 11.1. The first kappa shape index (κ1) is 13.3. The normalized spacial score (nSPS) is 37.9. The number of quaternary nitrogens is 1. The van der Waals surface area contributed by atoms with E-state index in [2.05, 4.69) is 25.2 Å². The number of amides is 1. The van der Waals surface area contributed by atoms with Crippen molar-refractivity contribution in [1.82, 2.24) is 5.32 Å². The van der Waals surface area contributed by atoms with E-state index in [1.54, 1.807) is 0 Å². The number of nitrogens with one attached hydrogen (secondary N) is 2. The van der Waals surface area contributed by atoms with Crippen molar-refractivity contribution in [3.63, 3.8) is 0 Å². The highest BCUT2D eigenvalue weighted by Gasteiger charge is 2.45. The molecule has 0 aromatic heterocycles. The Balaban J connectivity index is 2.13. The molecule has 0 aromatic rings. The van der Waals surface area contributed by atoms with Crippen molar-refractivity contribution >= 4 is 5.91 Å². The molecule has 2 aliphatic heterocycles. The highest BCUT2D eigenvalue weighted by atomic mass is 16.5. The second-order valence-corrected chi connectivity index (χ2v) is 5.29. The molecule has 100 valence electrons. The second-order valence-electron chi connectivity index (χ2n) is 5.29. The highest BCUT2D eigenvalue weighted by molar-refractivity contribution is 5.82. The Kier molecular flexibility index (Phi) is 4.20. The Morgan fingerprint density at radius 2 is 2.17 bits per heavy atom. The lowest BCUT2D eigenvalue weighted by atomic mass is 9.76. The van der Waals surface area contributed by atoms with E-state index in [1.165, 1.54) is 4.90 Å². The van der Waals surface area contributed by atoms with Gasteiger partial charge in [-0.2, -0.15) is 5.26 Å². The van der Waals surface area contributed by atoms with Crippen molar-refractivity contribution in [2.24, 2.45) is 17.8 Å². The van der Waals surface area contributed by atoms with E-state index in [0.29, 0.717) is 5.92 Å². The zero-order chi connectivity index (χ0) is 13.1. The van der Waals surface area contributed by atoms with Crippen molar-refractivity contribution in [1.29, 1.82) is 5.26 Å². The van der Waals surface area contributed by atoms with Crippen LogP contribution < -0.4 is 10.2 Å². The van der Waals surface area contributed by atoms with E-state index in [-0.39, 0.29) is 18.0 Å². The fourth-order valence-electron chi connectivity index (χ4n) is 3.30. The highest BCUT2D eigenvalue weighted by Crippen LogP contribution is 2.29. The SMILES string of the molecule is CC[C@H]1[C@H](C)[C@H]([NH+]2CCOCC2)NC(=O)[C@@H]1C#N. The van der Waals surface area contributed by atoms with Crippen molar-refractivity contribution in [3.05, 3.63) is 0 Å². The van der Waals surface area contributed by atoms with Gasteiger partial charge in [-0.3, -0.25) is 4.79 Å². The molecule has 5 nitrogen and oxygen atoms in total. The van der Waals surface area contributed by atoms with E-state index in [1.807, 2.05) is 0 Å². The summed E-state index contributed by atoms with van der Waals surface area (Å²) in [6.07, 6.45) is 1.02. The monoisotopic (exact) mass is 252 g/mol. The summed E-state index contributed by atoms with van der Waals surface area (Å²) in [7, 11) is 0. The average Bonchev–Trinajstić information content (AvgIpc) is 2.41. The number of nitrogens with zero attached hydrogens (tertiary/aromatic N) is 1. The Hall–Kier alpha value is -1.12. The number of piperidine rings is 1. The maximum Gasteiger partial charge on any atom is 0.242 e. The minimum atomic E-state index is -0.485. The van der Waals surface area contributed by atoms with E-state index < -0.39 is 5.92 Å². The fourth-order valence-corrected chi connectivity index (χ4v) is 3.30. The number of carbonyl (C=O) groups is 1. The summed E-state index contributed by atoms with van der Waals surface area (Å²) >= 11 is 0. The Bertz CT molecular complexity index is 347. The van der Waals surface area contributed by atoms with Crippen molar-refractivity contribution < 1.29 is 14.4 Å². The number of ether oxygens (including phenoxy) is 1. The molecule has 4 atom stereocenters. The van der Waals surface area contributed by atoms with Gasteiger partial charge in [0.05, 0.1) is 19.3 Å². The molecular formula is C13H22N3O2+. The van der Waals surface area contributed by atoms with Crippen LogP contribution in [0, 0.1) is 29.1 Å². The summed E-state index contributed by atoms with van der Waals surface area (Å²) in [5.74, 6) is -0.0670. The minimum absolute atomic E-state index is 0.0913. The number of morpholine rings is 1. The number of hydrogen-bond donors (Lipinski definition) is 2. The lowest BCUT2D eigenvalue weighted by Gasteiger charge is -2.42. The molecule has 0 bridgehead atoms. The maximum atomic E-state index is 12.0. The first-order valence-electron chi connectivity index (χ1n) is 6.81. The van der Waals surface area contributed by atoms with Gasteiger partial charge < -0.3 is 15.0 Å². The third-order valence-electron chi connectivity index (χ3n) is 4.39. The van der Waals surface area contributed by atoms with E-state index in [4.69, 9.17) is 10.00 Å². The third-order valence-corrected chi connectivity index (χ3v) is 4.39. The summed E-state index contributed by atoms with van der Waals surface area (Å²) in [5, 5.41) is 12.2. The lowest BCUT2D eigenvalue weighted by molar-refractivity contribution is -0.940. The molecule has 2 saturated heterocycles. The number of nitriles is 1. The van der Waals surface area contributed by atoms with Gasteiger partial charge in [-0.1, -0.05) is 20.3 Å². The van der Waals surface area contributed by atoms with E-state index >= 15 is 0 Å². The lowest BCUT2D eigenvalue weighted by Crippen LogP contribution is -3.20. The zero-order valence-electron chi connectivity index (χ0n) is 11.1. The van der Waals surface area contributed by atoms with Gasteiger partial charge in [-0.15, -0.1) is 0 Å². The molecule has 2 fully saturated rings. The van der Waals surface area contributed by atoms with Crippen LogP contribution in [0.1, 0.15) is 20.3 Å². The largest absolute Gasteiger partial charge is 0.370 e. The standard InChI is InChI=1S/C13H21N3O2/c1-3-10-9(2)12(15-13(17)11(10)8-14)16-4-6-18-7-5-16/h9-12H,3-7H2,1-2H3,(H,15,17)/p+1/t9-,10-,11+,12-/m0/s1. The molecule has 0 saturated carbocycles. The molecule has 2 aliphatic rings. The van der Waals surface area contributed by atoms with Crippen LogP contribution >= 0.6 is 0 Å². The predicted octanol–water partition coefficient (Wildman–Crippen LogP) is -0.841. The Morgan fingerprint density at radius 3 is 2.72 bits per heavy atom. The van der Waals surface area contributed by atoms with Gasteiger partial charge >= 0.3 is 0 Å². The van der Waals surface area contributed by atoms with Crippen molar-refractivity contribution in [2.45, 2.75) is 26.4 Å². The molecule has 18 heavy (non-hydrogen) atoms. The molecule has 0 aromatic carbocycles. The van der Waals surface area contributed by atoms with Crippen LogP contribution in [0.3, 0.4) is 0 Å². The fraction of sp³-hybridized carbons (Fsp3) is 0.846. The Morgan fingerprint density at radius 1 is 1.50 bits per heavy atom. The number of hydrogen-bond acceptors (Lipinski definition) is 3. The number of rotatable bonds is 2. The summed E-state index contributed by atoms with van der Waals surface area (Å²) in [4.78, 5) is 13.4. The van der Waals surface area contributed by atoms with Gasteiger partial charge in [0.25, 0.3) is 0 Å². The van der Waals surface area contributed by atoms with Gasteiger partial charge in [0.1, 0.15) is 19.0 Å². The average molecular weight is 252 g/mol. The van der Waals surface area contributed by atoms with Gasteiger partial charge in [0, 0.05) is 5.92 Å². The van der Waals surface area contributed by atoms with Crippen LogP contribution in [0.25, 0.3) is 0 Å². The Labute approximate surface area is 108 Å². The van der Waals surface area contributed by atoms with Gasteiger partial charge in [-0.25, -0.2) is 0 Å². The molecule has 2 rings (SSSR count). The van der Waals surface area contributed by atoms with Crippen molar-refractivity contribution in [2.75, 3.05) is 26.3 Å². The summed E-state index contributed by atoms with van der Waals surface area (Å²) in [5.41, 5.74) is 0. The molecule has 0 spiro atoms. The van der Waals surface area contributed by atoms with Crippen LogP contribution in [-0.4, -0.2) is 38.4 Å². The third kappa shape index (κ3) is 2.36. The van der Waals surface area contributed by atoms with E-state index in [0.717, 1.165) is 32.7 Å². The molecule has 2 heterocycles. The molecular weight excluding hydrogens is 230 g/mol. The maximum absolute atomic E-state index is 12.0. The topological polar surface area (TPSA) is 66.6 Å². The summed E-state index contributed by atoms with van der Waals surface area (Å²) in [6, 6.07) is 2.16.